The SMILES string of the molecule is CCOC(=O)c1ccc2c(c1)NC(=O)/C2=C(/Nc1ccc(N(C(=O)CN2CCNCC2)C(C)C)cc1)c1ccccc1. The van der Waals surface area contributed by atoms with Gasteiger partial charge in [0, 0.05) is 49.2 Å². The lowest BCUT2D eigenvalue weighted by Crippen LogP contribution is -2.49. The molecule has 0 atom stereocenters. The predicted molar refractivity (Wildman–Crippen MR) is 166 cm³/mol. The van der Waals surface area contributed by atoms with Crippen molar-refractivity contribution in [1.82, 2.24) is 10.2 Å². The molecule has 0 spiro atoms. The number of rotatable bonds is 9. The van der Waals surface area contributed by atoms with Crippen LogP contribution in [0.5, 0.6) is 0 Å². The molecular weight excluding hydrogens is 530 g/mol. The number of anilines is 3. The largest absolute Gasteiger partial charge is 0.462 e. The van der Waals surface area contributed by atoms with Gasteiger partial charge in [-0.3, -0.25) is 14.5 Å². The molecule has 0 aliphatic carbocycles. The summed E-state index contributed by atoms with van der Waals surface area (Å²) in [6.45, 7) is 9.95. The highest BCUT2D eigenvalue weighted by molar-refractivity contribution is 6.37. The summed E-state index contributed by atoms with van der Waals surface area (Å²) < 4.78 is 5.13. The Kier molecular flexibility index (Phi) is 9.00. The highest BCUT2D eigenvalue weighted by atomic mass is 16.5. The number of carbonyl (C=O) groups is 3. The molecule has 3 aromatic rings. The zero-order valence-electron chi connectivity index (χ0n) is 24.3. The zero-order valence-corrected chi connectivity index (χ0v) is 24.3. The summed E-state index contributed by atoms with van der Waals surface area (Å²) in [4.78, 5) is 42.9. The highest BCUT2D eigenvalue weighted by Crippen LogP contribution is 2.38. The Balaban J connectivity index is 1.44. The van der Waals surface area contributed by atoms with E-state index in [1.54, 1.807) is 25.1 Å². The Bertz CT molecular complexity index is 1480. The van der Waals surface area contributed by atoms with E-state index in [9.17, 15) is 14.4 Å². The minimum absolute atomic E-state index is 0.000548. The number of nitrogens with zero attached hydrogens (tertiary/aromatic N) is 2. The second-order valence-electron chi connectivity index (χ2n) is 10.6. The summed E-state index contributed by atoms with van der Waals surface area (Å²) in [5.74, 6) is -0.630. The third-order valence-electron chi connectivity index (χ3n) is 7.36. The molecule has 1 fully saturated rings. The van der Waals surface area contributed by atoms with Crippen LogP contribution in [0.4, 0.5) is 17.1 Å². The van der Waals surface area contributed by atoms with Crippen molar-refractivity contribution in [2.75, 3.05) is 54.9 Å². The quantitative estimate of drug-likeness (QED) is 0.260. The third-order valence-corrected chi connectivity index (χ3v) is 7.36. The Morgan fingerprint density at radius 1 is 0.976 bits per heavy atom. The van der Waals surface area contributed by atoms with Crippen LogP contribution in [-0.4, -0.2) is 68.1 Å². The van der Waals surface area contributed by atoms with Crippen LogP contribution in [0.2, 0.25) is 0 Å². The Labute approximate surface area is 246 Å². The number of hydrogen-bond acceptors (Lipinski definition) is 7. The molecule has 218 valence electrons. The fourth-order valence-electron chi connectivity index (χ4n) is 5.36. The Hall–Kier alpha value is -4.47. The molecule has 0 unspecified atom stereocenters. The van der Waals surface area contributed by atoms with Gasteiger partial charge in [0.15, 0.2) is 0 Å². The maximum absolute atomic E-state index is 13.3. The summed E-state index contributed by atoms with van der Waals surface area (Å²) in [6, 6.07) is 22.4. The zero-order chi connectivity index (χ0) is 29.6. The van der Waals surface area contributed by atoms with Crippen LogP contribution in [0.1, 0.15) is 42.3 Å². The van der Waals surface area contributed by atoms with Crippen LogP contribution in [0.15, 0.2) is 72.8 Å². The van der Waals surface area contributed by atoms with Gasteiger partial charge in [0.2, 0.25) is 5.91 Å². The first kappa shape index (κ1) is 29.0. The number of hydrogen-bond donors (Lipinski definition) is 3. The maximum Gasteiger partial charge on any atom is 0.338 e. The van der Waals surface area contributed by atoms with E-state index in [0.29, 0.717) is 34.6 Å². The molecule has 0 saturated carbocycles. The van der Waals surface area contributed by atoms with Crippen LogP contribution in [-0.2, 0) is 14.3 Å². The van der Waals surface area contributed by atoms with Crippen molar-refractivity contribution in [3.8, 4) is 0 Å². The van der Waals surface area contributed by atoms with Gasteiger partial charge in [0.1, 0.15) is 0 Å². The van der Waals surface area contributed by atoms with Gasteiger partial charge in [-0.15, -0.1) is 0 Å². The molecule has 3 aromatic carbocycles. The van der Waals surface area contributed by atoms with Gasteiger partial charge < -0.3 is 25.6 Å². The molecule has 5 rings (SSSR count). The van der Waals surface area contributed by atoms with Gasteiger partial charge in [-0.25, -0.2) is 4.79 Å². The van der Waals surface area contributed by atoms with Crippen molar-refractivity contribution in [3.05, 3.63) is 89.5 Å². The Morgan fingerprint density at radius 2 is 1.69 bits per heavy atom. The molecule has 3 N–H and O–H groups in total. The normalized spacial score (nSPS) is 16.0. The van der Waals surface area contributed by atoms with Gasteiger partial charge in [-0.05, 0) is 62.7 Å². The number of amides is 2. The number of benzene rings is 3. The number of nitrogens with one attached hydrogen (secondary N) is 3. The van der Waals surface area contributed by atoms with Crippen LogP contribution in [0.3, 0.4) is 0 Å². The number of esters is 1. The first-order chi connectivity index (χ1) is 20.4. The van der Waals surface area contributed by atoms with E-state index in [0.717, 1.165) is 43.1 Å². The minimum atomic E-state index is -0.435. The molecule has 0 bridgehead atoms. The lowest BCUT2D eigenvalue weighted by molar-refractivity contribution is -0.120. The first-order valence-corrected chi connectivity index (χ1v) is 14.4. The van der Waals surface area contributed by atoms with Crippen LogP contribution >= 0.6 is 0 Å². The van der Waals surface area contributed by atoms with Crippen molar-refractivity contribution in [2.24, 2.45) is 0 Å². The summed E-state index contributed by atoms with van der Waals surface area (Å²) in [5.41, 5.74) is 5.17. The Morgan fingerprint density at radius 3 is 2.36 bits per heavy atom. The van der Waals surface area contributed by atoms with Gasteiger partial charge >= 0.3 is 5.97 Å². The van der Waals surface area contributed by atoms with Crippen molar-refractivity contribution < 1.29 is 19.1 Å². The number of piperazine rings is 1. The van der Waals surface area contributed by atoms with E-state index in [-0.39, 0.29) is 24.5 Å². The standard InChI is InChI=1S/C33H37N5O4/c1-4-42-33(41)24-10-15-27-28(20-24)36-32(40)30(27)31(23-8-6-5-7-9-23)35-25-11-13-26(14-12-25)38(22(2)3)29(39)21-37-18-16-34-17-19-37/h5-15,20,22,34-35H,4,16-19,21H2,1-3H3,(H,36,40)/b31-30+. The lowest BCUT2D eigenvalue weighted by atomic mass is 9.99. The third kappa shape index (κ3) is 6.37. The molecule has 2 aliphatic heterocycles. The summed E-state index contributed by atoms with van der Waals surface area (Å²) in [7, 11) is 0. The predicted octanol–water partition coefficient (Wildman–Crippen LogP) is 4.44. The molecule has 0 radical (unpaired) electrons. The van der Waals surface area contributed by atoms with E-state index in [1.807, 2.05) is 73.3 Å². The number of fused-ring (bicyclic) bond motifs is 1. The molecular formula is C33H37N5O4. The summed E-state index contributed by atoms with van der Waals surface area (Å²) >= 11 is 0. The molecule has 1 saturated heterocycles. The van der Waals surface area contributed by atoms with E-state index in [1.165, 1.54) is 0 Å². The number of ether oxygens (including phenoxy) is 1. The average molecular weight is 568 g/mol. The highest BCUT2D eigenvalue weighted by Gasteiger charge is 2.30. The molecule has 2 amide bonds. The topological polar surface area (TPSA) is 103 Å². The monoisotopic (exact) mass is 567 g/mol. The second kappa shape index (κ2) is 13.0. The number of carbonyl (C=O) groups excluding carboxylic acids is 3. The molecule has 9 heteroatoms. The van der Waals surface area contributed by atoms with Crippen molar-refractivity contribution >= 4 is 46.1 Å². The lowest BCUT2D eigenvalue weighted by Gasteiger charge is -2.32. The van der Waals surface area contributed by atoms with E-state index < -0.39 is 5.97 Å². The molecule has 0 aromatic heterocycles. The fourth-order valence-corrected chi connectivity index (χ4v) is 5.36. The van der Waals surface area contributed by atoms with E-state index >= 15 is 0 Å². The minimum Gasteiger partial charge on any atom is -0.462 e. The van der Waals surface area contributed by atoms with Crippen LogP contribution in [0, 0.1) is 0 Å². The van der Waals surface area contributed by atoms with Crippen molar-refractivity contribution in [3.63, 3.8) is 0 Å². The maximum atomic E-state index is 13.3. The average Bonchev–Trinajstić information content (AvgIpc) is 3.32. The van der Waals surface area contributed by atoms with Gasteiger partial charge in [0.05, 0.1) is 35.7 Å². The van der Waals surface area contributed by atoms with Crippen molar-refractivity contribution in [1.29, 1.82) is 0 Å². The van der Waals surface area contributed by atoms with E-state index in [2.05, 4.69) is 20.9 Å². The van der Waals surface area contributed by atoms with Crippen molar-refractivity contribution in [2.45, 2.75) is 26.8 Å². The van der Waals surface area contributed by atoms with Gasteiger partial charge in [-0.2, -0.15) is 0 Å². The smallest absolute Gasteiger partial charge is 0.338 e. The summed E-state index contributed by atoms with van der Waals surface area (Å²) in [6.07, 6.45) is 0. The van der Waals surface area contributed by atoms with Gasteiger partial charge in [-0.1, -0.05) is 36.4 Å². The van der Waals surface area contributed by atoms with E-state index in [4.69, 9.17) is 4.74 Å². The van der Waals surface area contributed by atoms with Crippen LogP contribution < -0.4 is 20.9 Å². The molecule has 2 heterocycles. The second-order valence-corrected chi connectivity index (χ2v) is 10.6. The van der Waals surface area contributed by atoms with Crippen LogP contribution in [0.25, 0.3) is 11.3 Å². The molecule has 42 heavy (non-hydrogen) atoms. The first-order valence-electron chi connectivity index (χ1n) is 14.4. The fraction of sp³-hybridized carbons (Fsp3) is 0.303. The molecule has 2 aliphatic rings. The molecule has 9 nitrogen and oxygen atoms in total. The summed E-state index contributed by atoms with van der Waals surface area (Å²) in [5, 5.41) is 9.70. The van der Waals surface area contributed by atoms with Gasteiger partial charge in [0.25, 0.3) is 5.91 Å².